The molecule has 2 atom stereocenters. The average molecular weight is 547 g/mol. The Morgan fingerprint density at radius 1 is 1.12 bits per heavy atom. The smallest absolute Gasteiger partial charge is 0.410 e. The van der Waals surface area contributed by atoms with E-state index in [2.05, 4.69) is 51.4 Å². The maximum Gasteiger partial charge on any atom is 0.410 e. The number of rotatable bonds is 8. The van der Waals surface area contributed by atoms with E-state index in [4.69, 9.17) is 9.47 Å². The van der Waals surface area contributed by atoms with E-state index in [1.54, 1.807) is 19.5 Å². The van der Waals surface area contributed by atoms with Crippen molar-refractivity contribution in [2.45, 2.75) is 77.5 Å². The van der Waals surface area contributed by atoms with Gasteiger partial charge in [-0.1, -0.05) is 23.8 Å². The molecular formula is C31H42N6O3. The fraction of sp³-hybridized carbons (Fsp3) is 0.548. The van der Waals surface area contributed by atoms with Gasteiger partial charge in [-0.25, -0.2) is 9.48 Å². The number of aromatic nitrogens is 4. The van der Waals surface area contributed by atoms with Crippen molar-refractivity contribution in [2.75, 3.05) is 31.6 Å². The number of piperidine rings is 1. The number of carbonyl (C=O) groups excluding carboxylic acids is 1. The van der Waals surface area contributed by atoms with Crippen molar-refractivity contribution in [3.63, 3.8) is 0 Å². The predicted octanol–water partition coefficient (Wildman–Crippen LogP) is 5.96. The summed E-state index contributed by atoms with van der Waals surface area (Å²) in [6.45, 7) is 10.6. The normalized spacial score (nSPS) is 18.6. The molecule has 1 aliphatic carbocycles. The molecule has 1 aliphatic heterocycles. The minimum absolute atomic E-state index is 0.0214. The summed E-state index contributed by atoms with van der Waals surface area (Å²) in [6, 6.07) is 10.8. The van der Waals surface area contributed by atoms with E-state index in [-0.39, 0.29) is 18.2 Å². The highest BCUT2D eigenvalue weighted by Crippen LogP contribution is 2.31. The molecule has 2 aliphatic rings. The third-order valence-electron chi connectivity index (χ3n) is 8.04. The van der Waals surface area contributed by atoms with Gasteiger partial charge in [0.05, 0.1) is 31.6 Å². The highest BCUT2D eigenvalue weighted by molar-refractivity contribution is 5.69. The summed E-state index contributed by atoms with van der Waals surface area (Å²) in [5, 5.41) is 8.74. The molecule has 2 aromatic heterocycles. The van der Waals surface area contributed by atoms with Crippen molar-refractivity contribution in [1.82, 2.24) is 24.9 Å². The van der Waals surface area contributed by atoms with Crippen LogP contribution < -0.4 is 9.64 Å². The topological polar surface area (TPSA) is 85.6 Å². The van der Waals surface area contributed by atoms with Gasteiger partial charge < -0.3 is 19.3 Å². The van der Waals surface area contributed by atoms with Gasteiger partial charge in [0.1, 0.15) is 17.0 Å². The third kappa shape index (κ3) is 6.57. The fourth-order valence-electron chi connectivity index (χ4n) is 5.48. The maximum absolute atomic E-state index is 13.2. The molecule has 3 aromatic rings. The first kappa shape index (κ1) is 27.9. The Balaban J connectivity index is 1.26. The fourth-order valence-corrected chi connectivity index (χ4v) is 5.48. The van der Waals surface area contributed by atoms with Gasteiger partial charge in [-0.15, -0.1) is 5.10 Å². The van der Waals surface area contributed by atoms with Crippen LogP contribution in [0.3, 0.4) is 0 Å². The number of benzene rings is 1. The molecule has 214 valence electrons. The summed E-state index contributed by atoms with van der Waals surface area (Å²) in [7, 11) is 1.62. The number of amides is 1. The first-order chi connectivity index (χ1) is 19.2. The minimum atomic E-state index is -0.495. The molecule has 0 radical (unpaired) electrons. The first-order valence-electron chi connectivity index (χ1n) is 14.5. The van der Waals surface area contributed by atoms with Crippen molar-refractivity contribution in [2.24, 2.45) is 5.92 Å². The molecule has 2 fully saturated rings. The summed E-state index contributed by atoms with van der Waals surface area (Å²) in [6.07, 6.45) is 10.9. The molecule has 0 N–H and O–H groups in total. The molecule has 9 nitrogen and oxygen atoms in total. The lowest BCUT2D eigenvalue weighted by molar-refractivity contribution is 0.00736. The molecule has 0 spiro atoms. The molecule has 1 saturated carbocycles. The predicted molar refractivity (Wildman–Crippen MR) is 156 cm³/mol. The van der Waals surface area contributed by atoms with Gasteiger partial charge in [-0.2, -0.15) is 0 Å². The largest absolute Gasteiger partial charge is 0.495 e. The summed E-state index contributed by atoms with van der Waals surface area (Å²) >= 11 is 0. The van der Waals surface area contributed by atoms with Crippen LogP contribution in [0.1, 0.15) is 71.4 Å². The number of pyridine rings is 1. The zero-order valence-corrected chi connectivity index (χ0v) is 24.4. The maximum atomic E-state index is 13.2. The van der Waals surface area contributed by atoms with Crippen LogP contribution in [0.5, 0.6) is 5.75 Å². The Morgan fingerprint density at radius 3 is 2.58 bits per heavy atom. The lowest BCUT2D eigenvalue weighted by Crippen LogP contribution is -2.53. The molecular weight excluding hydrogens is 504 g/mol. The van der Waals surface area contributed by atoms with Crippen LogP contribution in [0.25, 0.3) is 11.3 Å². The highest BCUT2D eigenvalue weighted by Gasteiger charge is 2.34. The Morgan fingerprint density at radius 2 is 1.90 bits per heavy atom. The van der Waals surface area contributed by atoms with Crippen LogP contribution in [0, 0.1) is 5.92 Å². The monoisotopic (exact) mass is 546 g/mol. The molecule has 1 saturated heterocycles. The Labute approximate surface area is 237 Å². The standard InChI is InChI=1S/C31H42N6O3/c1-22(37-21-29(33-34-37)25-16-28(39-5)18-32-17-25)24-11-13-26(14-12-24)35-15-7-10-27(20-35)36(19-23-8-6-9-23)30(38)40-31(2,3)4/h11-14,16-18,21-23,27H,6-10,15,19-20H2,1-5H3/t22?,27-/m1/s1. The van der Waals surface area contributed by atoms with Crippen molar-refractivity contribution >= 4 is 11.8 Å². The number of ether oxygens (including phenoxy) is 2. The lowest BCUT2D eigenvalue weighted by Gasteiger charge is -2.43. The van der Waals surface area contributed by atoms with E-state index in [1.807, 2.05) is 42.6 Å². The van der Waals surface area contributed by atoms with Crippen molar-refractivity contribution < 1.29 is 14.3 Å². The molecule has 5 rings (SSSR count). The van der Waals surface area contributed by atoms with E-state index in [0.29, 0.717) is 11.7 Å². The van der Waals surface area contributed by atoms with Gasteiger partial charge in [0.25, 0.3) is 0 Å². The molecule has 1 aromatic carbocycles. The molecule has 9 heteroatoms. The van der Waals surface area contributed by atoms with E-state index in [0.717, 1.165) is 49.3 Å². The van der Waals surface area contributed by atoms with E-state index >= 15 is 0 Å². The van der Waals surface area contributed by atoms with Crippen LogP contribution in [-0.4, -0.2) is 69.4 Å². The van der Waals surface area contributed by atoms with Gasteiger partial charge in [-0.05, 0) is 83.1 Å². The van der Waals surface area contributed by atoms with E-state index in [9.17, 15) is 4.79 Å². The van der Waals surface area contributed by atoms with Crippen LogP contribution in [-0.2, 0) is 4.74 Å². The number of hydrogen-bond acceptors (Lipinski definition) is 7. The van der Waals surface area contributed by atoms with Gasteiger partial charge in [0, 0.05) is 37.1 Å². The van der Waals surface area contributed by atoms with E-state index < -0.39 is 5.60 Å². The Hall–Kier alpha value is -3.62. The van der Waals surface area contributed by atoms with E-state index in [1.165, 1.54) is 24.9 Å². The summed E-state index contributed by atoms with van der Waals surface area (Å²) in [5.41, 5.74) is 3.45. The van der Waals surface area contributed by atoms with Crippen LogP contribution in [0.15, 0.2) is 48.9 Å². The Bertz CT molecular complexity index is 1280. The Kier molecular flexibility index (Phi) is 8.28. The van der Waals surface area contributed by atoms with Crippen molar-refractivity contribution in [3.05, 3.63) is 54.5 Å². The first-order valence-corrected chi connectivity index (χ1v) is 14.5. The van der Waals surface area contributed by atoms with Crippen molar-refractivity contribution in [1.29, 1.82) is 0 Å². The second-order valence-electron chi connectivity index (χ2n) is 12.1. The zero-order valence-electron chi connectivity index (χ0n) is 24.4. The second kappa shape index (κ2) is 11.9. The SMILES string of the molecule is COc1cncc(-c2cn(C(C)c3ccc(N4CCC[C@@H](N(CC5CCC5)C(=O)OC(C)(C)C)C4)cc3)nn2)c1. The molecule has 1 unspecified atom stereocenters. The minimum Gasteiger partial charge on any atom is -0.495 e. The third-order valence-corrected chi connectivity index (χ3v) is 8.04. The summed E-state index contributed by atoms with van der Waals surface area (Å²) < 4.78 is 13.0. The zero-order chi connectivity index (χ0) is 28.3. The molecule has 40 heavy (non-hydrogen) atoms. The summed E-state index contributed by atoms with van der Waals surface area (Å²) in [5.74, 6) is 1.29. The molecule has 3 heterocycles. The quantitative estimate of drug-likeness (QED) is 0.344. The van der Waals surface area contributed by atoms with Gasteiger partial charge in [0.2, 0.25) is 0 Å². The number of carbonyl (C=O) groups is 1. The number of nitrogens with zero attached hydrogens (tertiary/aromatic N) is 6. The second-order valence-corrected chi connectivity index (χ2v) is 12.1. The lowest BCUT2D eigenvalue weighted by atomic mass is 9.84. The average Bonchev–Trinajstić information content (AvgIpc) is 3.42. The number of hydrogen-bond donors (Lipinski definition) is 0. The number of anilines is 1. The highest BCUT2D eigenvalue weighted by atomic mass is 16.6. The molecule has 1 amide bonds. The van der Waals surface area contributed by atoms with Crippen LogP contribution in [0.4, 0.5) is 10.5 Å². The van der Waals surface area contributed by atoms with Gasteiger partial charge >= 0.3 is 6.09 Å². The van der Waals surface area contributed by atoms with Crippen LogP contribution >= 0.6 is 0 Å². The molecule has 0 bridgehead atoms. The summed E-state index contributed by atoms with van der Waals surface area (Å²) in [4.78, 5) is 21.9. The van der Waals surface area contributed by atoms with Gasteiger partial charge in [-0.3, -0.25) is 4.98 Å². The van der Waals surface area contributed by atoms with Crippen molar-refractivity contribution in [3.8, 4) is 17.0 Å². The van der Waals surface area contributed by atoms with Gasteiger partial charge in [0.15, 0.2) is 0 Å². The number of methoxy groups -OCH3 is 1. The van der Waals surface area contributed by atoms with Crippen LogP contribution in [0.2, 0.25) is 0 Å².